The van der Waals surface area contributed by atoms with Gasteiger partial charge < -0.3 is 9.64 Å². The normalized spacial score (nSPS) is 17.4. The number of piperazine rings is 1. The van der Waals surface area contributed by atoms with Crippen molar-refractivity contribution in [2.75, 3.05) is 45.6 Å². The van der Waals surface area contributed by atoms with Gasteiger partial charge in [0.05, 0.1) is 17.2 Å². The molecule has 0 N–H and O–H groups in total. The highest BCUT2D eigenvalue weighted by Gasteiger charge is 2.29. The lowest BCUT2D eigenvalue weighted by Gasteiger charge is -2.33. The first-order chi connectivity index (χ1) is 9.54. The Morgan fingerprint density at radius 1 is 1.35 bits per heavy atom. The number of hydrogen-bond acceptors (Lipinski definition) is 5. The standard InChI is InChI=1S/C12H18N2O4S2/c1-18-8-10-20(16,17)14-6-4-13(5-7-14)12(15)11-3-2-9-19-11/h2-3,9H,4-8,10H2,1H3. The average molecular weight is 318 g/mol. The van der Waals surface area contributed by atoms with Gasteiger partial charge >= 0.3 is 0 Å². The van der Waals surface area contributed by atoms with E-state index in [2.05, 4.69) is 0 Å². The fourth-order valence-corrected chi connectivity index (χ4v) is 4.09. The zero-order valence-corrected chi connectivity index (χ0v) is 13.0. The Morgan fingerprint density at radius 2 is 2.05 bits per heavy atom. The number of hydrogen-bond donors (Lipinski definition) is 0. The fraction of sp³-hybridized carbons (Fsp3) is 0.583. The van der Waals surface area contributed by atoms with Gasteiger partial charge in [0, 0.05) is 33.3 Å². The number of ether oxygens (including phenoxy) is 1. The van der Waals surface area contributed by atoms with Gasteiger partial charge in [-0.25, -0.2) is 8.42 Å². The number of carbonyl (C=O) groups excluding carboxylic acids is 1. The highest BCUT2D eigenvalue weighted by Crippen LogP contribution is 2.15. The Hall–Kier alpha value is -0.960. The molecule has 0 bridgehead atoms. The molecule has 1 amide bonds. The van der Waals surface area contributed by atoms with Gasteiger partial charge in [0.15, 0.2) is 0 Å². The van der Waals surface area contributed by atoms with Crippen molar-refractivity contribution in [3.63, 3.8) is 0 Å². The zero-order chi connectivity index (χ0) is 14.6. The van der Waals surface area contributed by atoms with Crippen LogP contribution in [0.4, 0.5) is 0 Å². The van der Waals surface area contributed by atoms with Gasteiger partial charge in [-0.05, 0) is 11.4 Å². The van der Waals surface area contributed by atoms with Crippen LogP contribution in [0.2, 0.25) is 0 Å². The van der Waals surface area contributed by atoms with Crippen molar-refractivity contribution < 1.29 is 17.9 Å². The van der Waals surface area contributed by atoms with Crippen LogP contribution in [0.5, 0.6) is 0 Å². The maximum Gasteiger partial charge on any atom is 0.264 e. The molecule has 0 spiro atoms. The molecule has 2 heterocycles. The number of carbonyl (C=O) groups is 1. The molecule has 0 aromatic carbocycles. The number of methoxy groups -OCH3 is 1. The monoisotopic (exact) mass is 318 g/mol. The molecule has 1 aromatic heterocycles. The van der Waals surface area contributed by atoms with E-state index >= 15 is 0 Å². The highest BCUT2D eigenvalue weighted by molar-refractivity contribution is 7.89. The number of nitrogens with zero attached hydrogens (tertiary/aromatic N) is 2. The average Bonchev–Trinajstić information content (AvgIpc) is 2.99. The van der Waals surface area contributed by atoms with Gasteiger partial charge in [-0.3, -0.25) is 4.79 Å². The van der Waals surface area contributed by atoms with E-state index in [9.17, 15) is 13.2 Å². The van der Waals surface area contributed by atoms with Crippen LogP contribution in [0.3, 0.4) is 0 Å². The highest BCUT2D eigenvalue weighted by atomic mass is 32.2. The molecule has 0 aliphatic carbocycles. The molecule has 1 fully saturated rings. The largest absolute Gasteiger partial charge is 0.384 e. The number of sulfonamides is 1. The lowest BCUT2D eigenvalue weighted by Crippen LogP contribution is -2.51. The molecule has 0 unspecified atom stereocenters. The first-order valence-corrected chi connectivity index (χ1v) is 8.83. The second-order valence-electron chi connectivity index (χ2n) is 4.48. The quantitative estimate of drug-likeness (QED) is 0.792. The molecule has 112 valence electrons. The Balaban J connectivity index is 1.91. The molecule has 1 aliphatic heterocycles. The van der Waals surface area contributed by atoms with Gasteiger partial charge in [0.25, 0.3) is 5.91 Å². The van der Waals surface area contributed by atoms with E-state index in [0.717, 1.165) is 0 Å². The van der Waals surface area contributed by atoms with Gasteiger partial charge in [0.2, 0.25) is 10.0 Å². The summed E-state index contributed by atoms with van der Waals surface area (Å²) in [6, 6.07) is 3.62. The third-order valence-corrected chi connectivity index (χ3v) is 5.89. The first-order valence-electron chi connectivity index (χ1n) is 6.34. The second-order valence-corrected chi connectivity index (χ2v) is 7.51. The summed E-state index contributed by atoms with van der Waals surface area (Å²) in [6.07, 6.45) is 0. The Labute approximate surface area is 123 Å². The number of thiophene rings is 1. The summed E-state index contributed by atoms with van der Waals surface area (Å²) in [7, 11) is -1.80. The summed E-state index contributed by atoms with van der Waals surface area (Å²) < 4.78 is 30.2. The molecule has 1 aromatic rings. The Kier molecular flexibility index (Phi) is 5.14. The summed E-state index contributed by atoms with van der Waals surface area (Å²) in [6.45, 7) is 1.76. The fourth-order valence-electron chi connectivity index (χ4n) is 2.04. The van der Waals surface area contributed by atoms with Crippen molar-refractivity contribution in [2.45, 2.75) is 0 Å². The lowest BCUT2D eigenvalue weighted by atomic mass is 10.3. The Bertz CT molecular complexity index is 534. The summed E-state index contributed by atoms with van der Waals surface area (Å²) in [5.74, 6) is -0.0310. The lowest BCUT2D eigenvalue weighted by molar-refractivity contribution is 0.0702. The van der Waals surface area contributed by atoms with Crippen LogP contribution in [0, 0.1) is 0 Å². The predicted octanol–water partition coefficient (Wildman–Crippen LogP) is 0.482. The van der Waals surface area contributed by atoms with Gasteiger partial charge in [-0.2, -0.15) is 4.31 Å². The van der Waals surface area contributed by atoms with Crippen molar-refractivity contribution in [1.29, 1.82) is 0 Å². The molecule has 0 radical (unpaired) electrons. The van der Waals surface area contributed by atoms with Crippen molar-refractivity contribution in [1.82, 2.24) is 9.21 Å². The SMILES string of the molecule is COCCS(=O)(=O)N1CCN(C(=O)c2cccs2)CC1. The minimum absolute atomic E-state index is 0.0115. The summed E-state index contributed by atoms with van der Waals surface area (Å²) in [5.41, 5.74) is 0. The summed E-state index contributed by atoms with van der Waals surface area (Å²) in [4.78, 5) is 14.5. The van der Waals surface area contributed by atoms with Crippen LogP contribution in [-0.2, 0) is 14.8 Å². The third-order valence-electron chi connectivity index (χ3n) is 3.20. The maximum atomic E-state index is 12.1. The summed E-state index contributed by atoms with van der Waals surface area (Å²) >= 11 is 1.40. The van der Waals surface area contributed by atoms with Crippen LogP contribution in [0.25, 0.3) is 0 Å². The van der Waals surface area contributed by atoms with Crippen molar-refractivity contribution >= 4 is 27.3 Å². The van der Waals surface area contributed by atoms with Crippen LogP contribution in [0.15, 0.2) is 17.5 Å². The van der Waals surface area contributed by atoms with E-state index in [1.807, 2.05) is 11.4 Å². The van der Waals surface area contributed by atoms with E-state index in [1.165, 1.54) is 22.8 Å². The predicted molar refractivity (Wildman–Crippen MR) is 77.5 cm³/mol. The molecule has 6 nitrogen and oxygen atoms in total. The molecule has 8 heteroatoms. The molecule has 0 atom stereocenters. The number of rotatable bonds is 5. The smallest absolute Gasteiger partial charge is 0.264 e. The van der Waals surface area contributed by atoms with Crippen LogP contribution in [-0.4, -0.2) is 69.2 Å². The van der Waals surface area contributed by atoms with E-state index in [-0.39, 0.29) is 18.3 Å². The summed E-state index contributed by atoms with van der Waals surface area (Å²) in [5, 5.41) is 1.86. The minimum Gasteiger partial charge on any atom is -0.384 e. The second kappa shape index (κ2) is 6.66. The first kappa shape index (κ1) is 15.4. The molecule has 1 aliphatic rings. The van der Waals surface area contributed by atoms with Gasteiger partial charge in [0.1, 0.15) is 0 Å². The van der Waals surface area contributed by atoms with Gasteiger partial charge in [-0.15, -0.1) is 11.3 Å². The van der Waals surface area contributed by atoms with Crippen molar-refractivity contribution in [3.05, 3.63) is 22.4 Å². The zero-order valence-electron chi connectivity index (χ0n) is 11.3. The molecular weight excluding hydrogens is 300 g/mol. The third kappa shape index (κ3) is 3.57. The van der Waals surface area contributed by atoms with Crippen LogP contribution >= 0.6 is 11.3 Å². The number of amides is 1. The topological polar surface area (TPSA) is 66.9 Å². The van der Waals surface area contributed by atoms with Crippen molar-refractivity contribution in [2.24, 2.45) is 0 Å². The molecule has 1 saturated heterocycles. The minimum atomic E-state index is -3.28. The molecule has 20 heavy (non-hydrogen) atoms. The van der Waals surface area contributed by atoms with E-state index < -0.39 is 10.0 Å². The molecular formula is C12H18N2O4S2. The maximum absolute atomic E-state index is 12.1. The van der Waals surface area contributed by atoms with E-state index in [0.29, 0.717) is 31.1 Å². The Morgan fingerprint density at radius 3 is 2.60 bits per heavy atom. The van der Waals surface area contributed by atoms with Crippen LogP contribution in [0.1, 0.15) is 9.67 Å². The molecule has 2 rings (SSSR count). The van der Waals surface area contributed by atoms with E-state index in [4.69, 9.17) is 4.74 Å². The van der Waals surface area contributed by atoms with Crippen LogP contribution < -0.4 is 0 Å². The van der Waals surface area contributed by atoms with E-state index in [1.54, 1.807) is 11.0 Å². The molecule has 0 saturated carbocycles. The van der Waals surface area contributed by atoms with Gasteiger partial charge in [-0.1, -0.05) is 6.07 Å². The van der Waals surface area contributed by atoms with Crippen molar-refractivity contribution in [3.8, 4) is 0 Å².